The molecule has 0 aliphatic rings. The zero-order chi connectivity index (χ0) is 17.9. The van der Waals surface area contributed by atoms with Gasteiger partial charge in [-0.3, -0.25) is 4.79 Å². The molecule has 0 saturated carbocycles. The number of hydrogen-bond acceptors (Lipinski definition) is 4. The van der Waals surface area contributed by atoms with Crippen molar-refractivity contribution in [1.29, 1.82) is 0 Å². The number of hydrogen-bond donors (Lipinski definition) is 1. The summed E-state index contributed by atoms with van der Waals surface area (Å²) in [5.41, 5.74) is 1.66. The lowest BCUT2D eigenvalue weighted by Gasteiger charge is -2.19. The molecule has 2 rings (SSSR count). The Hall–Kier alpha value is -2.62. The summed E-state index contributed by atoms with van der Waals surface area (Å²) in [6.07, 6.45) is -0.933. The standard InChI is InChI=1S/C20H22O4/c1-13(24-19(23)16-7-5-6-8-17(16)21)18(22)14-9-11-15(12-10-14)20(2,3)4/h5-13,21H,1-4H3. The Morgan fingerprint density at radius 3 is 2.12 bits per heavy atom. The van der Waals surface area contributed by atoms with Gasteiger partial charge in [0, 0.05) is 5.56 Å². The van der Waals surface area contributed by atoms with E-state index in [1.165, 1.54) is 19.1 Å². The average Bonchev–Trinajstić information content (AvgIpc) is 2.53. The lowest BCUT2D eigenvalue weighted by atomic mass is 9.86. The number of benzene rings is 2. The number of esters is 1. The average molecular weight is 326 g/mol. The lowest BCUT2D eigenvalue weighted by Crippen LogP contribution is -2.24. The molecular weight excluding hydrogens is 304 g/mol. The predicted octanol–water partition coefficient (Wildman–Crippen LogP) is 4.12. The lowest BCUT2D eigenvalue weighted by molar-refractivity contribution is 0.0316. The third-order valence-corrected chi connectivity index (χ3v) is 3.81. The maximum atomic E-state index is 12.4. The van der Waals surface area contributed by atoms with E-state index in [1.807, 2.05) is 12.1 Å². The van der Waals surface area contributed by atoms with Crippen LogP contribution in [0.3, 0.4) is 0 Å². The van der Waals surface area contributed by atoms with Gasteiger partial charge in [-0.15, -0.1) is 0 Å². The Kier molecular flexibility index (Phi) is 5.07. The molecule has 0 aliphatic heterocycles. The van der Waals surface area contributed by atoms with Crippen molar-refractivity contribution in [3.05, 3.63) is 65.2 Å². The van der Waals surface area contributed by atoms with Crippen molar-refractivity contribution in [2.75, 3.05) is 0 Å². The third-order valence-electron chi connectivity index (χ3n) is 3.81. The fourth-order valence-electron chi connectivity index (χ4n) is 2.29. The predicted molar refractivity (Wildman–Crippen MR) is 92.5 cm³/mol. The van der Waals surface area contributed by atoms with Crippen LogP contribution in [0.1, 0.15) is 54.0 Å². The van der Waals surface area contributed by atoms with Gasteiger partial charge in [-0.05, 0) is 30.0 Å². The molecule has 0 aromatic heterocycles. The first-order valence-corrected chi connectivity index (χ1v) is 7.84. The molecule has 0 saturated heterocycles. The number of para-hydroxylation sites is 1. The highest BCUT2D eigenvalue weighted by molar-refractivity contribution is 6.01. The maximum absolute atomic E-state index is 12.4. The second-order valence-corrected chi connectivity index (χ2v) is 6.76. The van der Waals surface area contributed by atoms with Crippen LogP contribution in [0.25, 0.3) is 0 Å². The van der Waals surface area contributed by atoms with Crippen LogP contribution >= 0.6 is 0 Å². The van der Waals surface area contributed by atoms with E-state index >= 15 is 0 Å². The molecule has 0 amide bonds. The van der Waals surface area contributed by atoms with Crippen molar-refractivity contribution in [2.24, 2.45) is 0 Å². The number of rotatable bonds is 4. The van der Waals surface area contributed by atoms with Crippen molar-refractivity contribution < 1.29 is 19.4 Å². The van der Waals surface area contributed by atoms with Crippen LogP contribution in [0.2, 0.25) is 0 Å². The minimum Gasteiger partial charge on any atom is -0.507 e. The molecule has 24 heavy (non-hydrogen) atoms. The summed E-state index contributed by atoms with van der Waals surface area (Å²) in [7, 11) is 0. The molecule has 2 aromatic carbocycles. The molecule has 126 valence electrons. The summed E-state index contributed by atoms with van der Waals surface area (Å²) in [6, 6.07) is 13.4. The number of phenolic OH excluding ortho intramolecular Hbond substituents is 1. The molecule has 0 fully saturated rings. The van der Waals surface area contributed by atoms with Gasteiger partial charge in [-0.25, -0.2) is 4.79 Å². The number of ether oxygens (including phenoxy) is 1. The molecule has 0 spiro atoms. The van der Waals surface area contributed by atoms with Gasteiger partial charge in [-0.2, -0.15) is 0 Å². The van der Waals surface area contributed by atoms with Gasteiger partial charge >= 0.3 is 5.97 Å². The quantitative estimate of drug-likeness (QED) is 0.678. The normalized spacial score (nSPS) is 12.5. The SMILES string of the molecule is CC(OC(=O)c1ccccc1O)C(=O)c1ccc(C(C)(C)C)cc1. The smallest absolute Gasteiger partial charge is 0.342 e. The van der Waals surface area contributed by atoms with E-state index in [0.717, 1.165) is 5.56 Å². The van der Waals surface area contributed by atoms with Crippen LogP contribution in [-0.2, 0) is 10.2 Å². The topological polar surface area (TPSA) is 63.6 Å². The van der Waals surface area contributed by atoms with E-state index in [-0.39, 0.29) is 22.5 Å². The van der Waals surface area contributed by atoms with Crippen molar-refractivity contribution in [1.82, 2.24) is 0 Å². The molecule has 4 heteroatoms. The highest BCUT2D eigenvalue weighted by atomic mass is 16.5. The Morgan fingerprint density at radius 1 is 1.00 bits per heavy atom. The molecule has 0 bridgehead atoms. The van der Waals surface area contributed by atoms with Gasteiger partial charge in [0.05, 0.1) is 0 Å². The van der Waals surface area contributed by atoms with Crippen LogP contribution in [0.4, 0.5) is 0 Å². The van der Waals surface area contributed by atoms with Crippen LogP contribution in [0.5, 0.6) is 5.75 Å². The molecule has 1 unspecified atom stereocenters. The highest BCUT2D eigenvalue weighted by Crippen LogP contribution is 2.23. The molecule has 2 aromatic rings. The fourth-order valence-corrected chi connectivity index (χ4v) is 2.29. The first kappa shape index (κ1) is 17.7. The van der Waals surface area contributed by atoms with Crippen LogP contribution < -0.4 is 0 Å². The Bertz CT molecular complexity index is 739. The van der Waals surface area contributed by atoms with Gasteiger partial charge in [-0.1, -0.05) is 57.2 Å². The number of Topliss-reactive ketones (excluding diaryl/α,β-unsaturated/α-hetero) is 1. The Labute approximate surface area is 142 Å². The summed E-state index contributed by atoms with van der Waals surface area (Å²) < 4.78 is 5.18. The second-order valence-electron chi connectivity index (χ2n) is 6.76. The van der Waals surface area contributed by atoms with Crippen LogP contribution in [-0.4, -0.2) is 23.0 Å². The van der Waals surface area contributed by atoms with E-state index in [2.05, 4.69) is 20.8 Å². The van der Waals surface area contributed by atoms with E-state index in [4.69, 9.17) is 4.74 Å². The van der Waals surface area contributed by atoms with E-state index < -0.39 is 12.1 Å². The largest absolute Gasteiger partial charge is 0.507 e. The minimum atomic E-state index is -0.933. The van der Waals surface area contributed by atoms with Gasteiger partial charge in [0.2, 0.25) is 5.78 Å². The summed E-state index contributed by atoms with van der Waals surface area (Å²) >= 11 is 0. The van der Waals surface area contributed by atoms with Gasteiger partial charge in [0.1, 0.15) is 11.3 Å². The number of carbonyl (C=O) groups is 2. The van der Waals surface area contributed by atoms with E-state index in [9.17, 15) is 14.7 Å². The van der Waals surface area contributed by atoms with Crippen molar-refractivity contribution >= 4 is 11.8 Å². The van der Waals surface area contributed by atoms with E-state index in [0.29, 0.717) is 5.56 Å². The minimum absolute atomic E-state index is 0.00446. The fraction of sp³-hybridized carbons (Fsp3) is 0.300. The monoisotopic (exact) mass is 326 g/mol. The molecular formula is C20H22O4. The first-order chi connectivity index (χ1) is 11.2. The summed E-state index contributed by atoms with van der Waals surface area (Å²) in [5, 5.41) is 9.67. The van der Waals surface area contributed by atoms with E-state index in [1.54, 1.807) is 24.3 Å². The number of carbonyl (C=O) groups excluding carboxylic acids is 2. The van der Waals surface area contributed by atoms with Gasteiger partial charge in [0.15, 0.2) is 6.10 Å². The van der Waals surface area contributed by atoms with Crippen molar-refractivity contribution in [2.45, 2.75) is 39.2 Å². The molecule has 4 nitrogen and oxygen atoms in total. The molecule has 0 aliphatic carbocycles. The van der Waals surface area contributed by atoms with Crippen LogP contribution in [0, 0.1) is 0 Å². The van der Waals surface area contributed by atoms with Crippen LogP contribution in [0.15, 0.2) is 48.5 Å². The number of phenols is 1. The summed E-state index contributed by atoms with van der Waals surface area (Å²) in [6.45, 7) is 7.82. The van der Waals surface area contributed by atoms with Crippen molar-refractivity contribution in [3.63, 3.8) is 0 Å². The zero-order valence-corrected chi connectivity index (χ0v) is 14.4. The Morgan fingerprint density at radius 2 is 1.58 bits per heavy atom. The summed E-state index contributed by atoms with van der Waals surface area (Å²) in [5.74, 6) is -1.17. The van der Waals surface area contributed by atoms with Gasteiger partial charge < -0.3 is 9.84 Å². The molecule has 0 heterocycles. The molecule has 0 radical (unpaired) electrons. The third kappa shape index (κ3) is 4.02. The maximum Gasteiger partial charge on any atom is 0.342 e. The molecule has 1 N–H and O–H groups in total. The molecule has 1 atom stereocenters. The summed E-state index contributed by atoms with van der Waals surface area (Å²) in [4.78, 5) is 24.5. The Balaban J connectivity index is 2.10. The number of aromatic hydroxyl groups is 1. The first-order valence-electron chi connectivity index (χ1n) is 7.84. The zero-order valence-electron chi connectivity index (χ0n) is 14.4. The van der Waals surface area contributed by atoms with Gasteiger partial charge in [0.25, 0.3) is 0 Å². The van der Waals surface area contributed by atoms with Crippen molar-refractivity contribution in [3.8, 4) is 5.75 Å². The second kappa shape index (κ2) is 6.87. The highest BCUT2D eigenvalue weighted by Gasteiger charge is 2.22. The number of ketones is 1.